The van der Waals surface area contributed by atoms with Crippen LogP contribution in [-0.4, -0.2) is 29.9 Å². The predicted molar refractivity (Wildman–Crippen MR) is 349 cm³/mol. The van der Waals surface area contributed by atoms with Crippen molar-refractivity contribution in [2.75, 3.05) is 0 Å². The van der Waals surface area contributed by atoms with E-state index in [1.165, 1.54) is 33.4 Å². The van der Waals surface area contributed by atoms with Crippen LogP contribution in [0.1, 0.15) is 43.0 Å². The average molecular weight is 2250 g/mol. The Kier molecular flexibility index (Phi) is 38.9. The van der Waals surface area contributed by atoms with Gasteiger partial charge in [-0.15, -0.1) is 214 Å². The molecule has 0 amide bonds. The van der Waals surface area contributed by atoms with Crippen molar-refractivity contribution in [2.45, 2.75) is 47.0 Å². The molecule has 0 spiro atoms. The van der Waals surface area contributed by atoms with E-state index in [9.17, 15) is 0 Å². The van der Waals surface area contributed by atoms with Crippen molar-refractivity contribution in [3.05, 3.63) is 351 Å². The van der Waals surface area contributed by atoms with Gasteiger partial charge in [-0.2, -0.15) is 0 Å². The van der Waals surface area contributed by atoms with E-state index in [2.05, 4.69) is 162 Å². The Bertz CT molecular complexity index is 3900. The van der Waals surface area contributed by atoms with Crippen molar-refractivity contribution in [1.82, 2.24) is 29.9 Å². The summed E-state index contributed by atoms with van der Waals surface area (Å²) in [7, 11) is 0. The fraction of sp³-hybridized carbons (Fsp3) is 0.0886. The second-order valence-corrected chi connectivity index (χ2v) is 20.5. The zero-order valence-electron chi connectivity index (χ0n) is 50.9. The summed E-state index contributed by atoms with van der Waals surface area (Å²) < 4.78 is 0. The third-order valence-electron chi connectivity index (χ3n) is 12.9. The third-order valence-corrected chi connectivity index (χ3v) is 12.9. The predicted octanol–water partition coefficient (Wildman–Crippen LogP) is 19.2. The van der Waals surface area contributed by atoms with Gasteiger partial charge in [-0.25, -0.2) is 0 Å². The molecular formula is C79H66Ir6N6-6. The van der Waals surface area contributed by atoms with Crippen LogP contribution in [0.25, 0.3) is 78.7 Å². The standard InChI is InChI=1S/C17H12N.C15H16N.3C12H10N.C11H8N.6Ir/c1-2-7-14(8-3-1)15-9-6-10-16(13-15)17-11-4-5-12-18-17;1-15(2,3)13-9-10-16-14(11-13)12-7-5-4-6-8-12;1-10-5-7-11(8-6-10)12-4-2-3-9-13-12;1-10-6-5-9-13-12(10)11-7-3-2-4-8-11;1-10-7-8-13-12(9-10)11-5-3-2-4-6-11;1-2-6-10(7-3-1)11-8-4-5-9-12-11;;;;;;/h1-9,11-13H;4-7,9-11H,1-3H3;2*2-7,9H,1H3;2-5,7-9H,1H3;1-6,8-9H;;;;;;/q6*-1;;;;;;. The van der Waals surface area contributed by atoms with Crippen LogP contribution in [0.3, 0.4) is 0 Å². The Morgan fingerprint density at radius 1 is 0.275 bits per heavy atom. The number of aromatic nitrogens is 6. The van der Waals surface area contributed by atoms with Crippen LogP contribution >= 0.6 is 0 Å². The van der Waals surface area contributed by atoms with E-state index < -0.39 is 0 Å². The van der Waals surface area contributed by atoms with E-state index in [4.69, 9.17) is 0 Å². The van der Waals surface area contributed by atoms with Crippen LogP contribution in [0, 0.1) is 57.2 Å². The van der Waals surface area contributed by atoms with E-state index in [0.717, 1.165) is 67.5 Å². The Labute approximate surface area is 620 Å². The second kappa shape index (κ2) is 44.0. The fourth-order valence-electron chi connectivity index (χ4n) is 8.35. The van der Waals surface area contributed by atoms with Gasteiger partial charge in [0.25, 0.3) is 0 Å². The molecule has 6 nitrogen and oxygen atoms in total. The smallest absolute Gasteiger partial charge is 0.0163 e. The van der Waals surface area contributed by atoms with E-state index in [1.807, 2.05) is 219 Å². The van der Waals surface area contributed by atoms with Gasteiger partial charge < -0.3 is 29.9 Å². The maximum absolute atomic E-state index is 4.39. The molecule has 6 radical (unpaired) electrons. The van der Waals surface area contributed by atoms with Crippen LogP contribution in [0.4, 0.5) is 0 Å². The summed E-state index contributed by atoms with van der Waals surface area (Å²) in [6.07, 6.45) is 10.9. The van der Waals surface area contributed by atoms with E-state index in [-0.39, 0.29) is 126 Å². The minimum atomic E-state index is 0. The zero-order valence-corrected chi connectivity index (χ0v) is 65.3. The normalized spacial score (nSPS) is 9.56. The molecular weight excluding hydrogens is 2190 g/mol. The van der Waals surface area contributed by atoms with E-state index in [0.29, 0.717) is 0 Å². The molecule has 12 heteroatoms. The molecule has 0 saturated carbocycles. The van der Waals surface area contributed by atoms with Gasteiger partial charge in [-0.05, 0) is 101 Å². The number of aryl methyl sites for hydroxylation is 3. The number of hydrogen-bond acceptors (Lipinski definition) is 6. The van der Waals surface area contributed by atoms with Gasteiger partial charge in [-0.3, -0.25) is 0 Å². The molecule has 0 aliphatic heterocycles. The van der Waals surface area contributed by atoms with E-state index >= 15 is 0 Å². The van der Waals surface area contributed by atoms with Crippen molar-refractivity contribution < 1.29 is 121 Å². The Hall–Kier alpha value is -6.66. The van der Waals surface area contributed by atoms with Gasteiger partial charge in [0.15, 0.2) is 0 Å². The molecule has 7 aromatic carbocycles. The van der Waals surface area contributed by atoms with Crippen molar-refractivity contribution in [3.63, 3.8) is 0 Å². The van der Waals surface area contributed by atoms with E-state index in [1.54, 1.807) is 18.6 Å². The maximum atomic E-state index is 4.39. The first-order valence-corrected chi connectivity index (χ1v) is 28.1. The minimum Gasteiger partial charge on any atom is -0.305 e. The molecule has 0 saturated heterocycles. The second-order valence-electron chi connectivity index (χ2n) is 20.5. The Balaban J connectivity index is 0.000000369. The molecule has 0 fully saturated rings. The van der Waals surface area contributed by atoms with Crippen molar-refractivity contribution in [2.24, 2.45) is 0 Å². The molecule has 0 aliphatic rings. The molecule has 13 aromatic rings. The molecule has 472 valence electrons. The number of nitrogens with zero attached hydrogens (tertiary/aromatic N) is 6. The van der Waals surface area contributed by atoms with Gasteiger partial charge in [0.2, 0.25) is 0 Å². The molecule has 13 rings (SSSR count). The summed E-state index contributed by atoms with van der Waals surface area (Å²) >= 11 is 0. The zero-order chi connectivity index (χ0) is 59.3. The summed E-state index contributed by atoms with van der Waals surface area (Å²) in [5.41, 5.74) is 19.7. The minimum absolute atomic E-state index is 0. The number of pyridine rings is 6. The number of benzene rings is 7. The van der Waals surface area contributed by atoms with Crippen LogP contribution in [0.2, 0.25) is 0 Å². The summed E-state index contributed by atoms with van der Waals surface area (Å²) in [4.78, 5) is 25.8. The first-order valence-electron chi connectivity index (χ1n) is 28.1. The van der Waals surface area contributed by atoms with Crippen LogP contribution in [-0.2, 0) is 126 Å². The monoisotopic (exact) mass is 2260 g/mol. The largest absolute Gasteiger partial charge is 0.305 e. The molecule has 91 heavy (non-hydrogen) atoms. The van der Waals surface area contributed by atoms with Crippen LogP contribution in [0.5, 0.6) is 0 Å². The average Bonchev–Trinajstić information content (AvgIpc) is 1.62. The summed E-state index contributed by atoms with van der Waals surface area (Å²) in [6.45, 7) is 12.8. The summed E-state index contributed by atoms with van der Waals surface area (Å²) in [5.74, 6) is 0. The quantitative estimate of drug-likeness (QED) is 0.148. The van der Waals surface area contributed by atoms with Crippen molar-refractivity contribution in [3.8, 4) is 78.7 Å². The SMILES string of the molecule is CC(C)(C)c1ccnc(-c2[c-]cccc2)c1.Cc1c[c-]c(-c2ccccn2)cc1.Cc1cccnc1-c1[c-]cccc1.Cc1ccnc(-c2[c-]cccc2)c1.[Ir].[Ir].[Ir].[Ir].[Ir].[Ir].[c-]1ccc(-c2ccccc2)cc1-c1ccccn1.[c-]1ccccc1-c1ccccn1. The van der Waals surface area contributed by atoms with Gasteiger partial charge in [0.1, 0.15) is 0 Å². The molecule has 0 unspecified atom stereocenters. The van der Waals surface area contributed by atoms with Crippen molar-refractivity contribution in [1.29, 1.82) is 0 Å². The van der Waals surface area contributed by atoms with Gasteiger partial charge in [-0.1, -0.05) is 124 Å². The first-order chi connectivity index (χ1) is 41.6. The topological polar surface area (TPSA) is 77.3 Å². The molecule has 0 aliphatic carbocycles. The molecule has 0 atom stereocenters. The number of hydrogen-bond donors (Lipinski definition) is 0. The Morgan fingerprint density at radius 3 is 1.15 bits per heavy atom. The molecule has 0 bridgehead atoms. The molecule has 6 heterocycles. The maximum Gasteiger partial charge on any atom is 0.0163 e. The van der Waals surface area contributed by atoms with Gasteiger partial charge in [0, 0.05) is 158 Å². The molecule has 6 aromatic heterocycles. The summed E-state index contributed by atoms with van der Waals surface area (Å²) in [6, 6.07) is 103. The van der Waals surface area contributed by atoms with Gasteiger partial charge >= 0.3 is 0 Å². The van der Waals surface area contributed by atoms with Crippen LogP contribution < -0.4 is 0 Å². The van der Waals surface area contributed by atoms with Crippen LogP contribution in [0.15, 0.2) is 292 Å². The summed E-state index contributed by atoms with van der Waals surface area (Å²) in [5, 5.41) is 0. The molecule has 0 N–H and O–H groups in total. The third kappa shape index (κ3) is 27.2. The van der Waals surface area contributed by atoms with Gasteiger partial charge in [0.05, 0.1) is 0 Å². The Morgan fingerprint density at radius 2 is 0.703 bits per heavy atom. The van der Waals surface area contributed by atoms with Crippen molar-refractivity contribution >= 4 is 0 Å². The fourth-order valence-corrected chi connectivity index (χ4v) is 8.35. The number of rotatable bonds is 7. The first kappa shape index (κ1) is 80.4.